The zero-order valence-corrected chi connectivity index (χ0v) is 7.54. The van der Waals surface area contributed by atoms with Crippen LogP contribution in [-0.4, -0.2) is 14.5 Å². The van der Waals surface area contributed by atoms with Gasteiger partial charge in [0.05, 0.1) is 14.7 Å². The topological polar surface area (TPSA) is 30.7 Å². The predicted octanol–water partition coefficient (Wildman–Crippen LogP) is 2.03. The highest BCUT2D eigenvalue weighted by Gasteiger charge is 1.94. The summed E-state index contributed by atoms with van der Waals surface area (Å²) in [4.78, 5) is 7.53. The lowest BCUT2D eigenvalue weighted by molar-refractivity contribution is 1.04. The number of hydrogen-bond acceptors (Lipinski definition) is 2. The van der Waals surface area contributed by atoms with Crippen molar-refractivity contribution in [1.82, 2.24) is 14.5 Å². The van der Waals surface area contributed by atoms with Crippen molar-refractivity contribution in [3.05, 3.63) is 41.6 Å². The zero-order chi connectivity index (χ0) is 11.0. The van der Waals surface area contributed by atoms with Gasteiger partial charge in [0, 0.05) is 18.5 Å². The summed E-state index contributed by atoms with van der Waals surface area (Å²) in [5.74, 6) is 0. The first-order valence-electron chi connectivity index (χ1n) is 4.74. The molecule has 0 fully saturated rings. The number of nitrogens with zero attached hydrogens (tertiary/aromatic N) is 3. The van der Waals surface area contributed by atoms with Gasteiger partial charge in [-0.3, -0.25) is 0 Å². The minimum Gasteiger partial charge on any atom is -0.306 e. The SMILES string of the molecule is [2H]c1nc([2H])n(-c2ccnc(Br)c2)c1[2H]. The molecule has 0 aliphatic rings. The Labute approximate surface area is 82.4 Å². The molecule has 2 heterocycles. The molecular formula is C8H6BrN3. The van der Waals surface area contributed by atoms with Crippen LogP contribution in [0.5, 0.6) is 0 Å². The molecule has 12 heavy (non-hydrogen) atoms. The molecule has 0 atom stereocenters. The highest BCUT2D eigenvalue weighted by Crippen LogP contribution is 2.11. The molecule has 0 aliphatic carbocycles. The summed E-state index contributed by atoms with van der Waals surface area (Å²) < 4.78 is 24.3. The third-order valence-electron chi connectivity index (χ3n) is 1.34. The maximum atomic E-state index is 7.58. The molecule has 0 spiro atoms. The van der Waals surface area contributed by atoms with Crippen molar-refractivity contribution in [2.75, 3.05) is 0 Å². The van der Waals surface area contributed by atoms with E-state index in [0.717, 1.165) is 0 Å². The quantitative estimate of drug-likeness (QED) is 0.698. The molecule has 0 saturated carbocycles. The van der Waals surface area contributed by atoms with E-state index >= 15 is 0 Å². The van der Waals surface area contributed by atoms with E-state index in [1.165, 1.54) is 4.57 Å². The van der Waals surface area contributed by atoms with Crippen LogP contribution in [0, 0.1) is 0 Å². The Morgan fingerprint density at radius 2 is 2.50 bits per heavy atom. The van der Waals surface area contributed by atoms with Crippen molar-refractivity contribution in [2.45, 2.75) is 0 Å². The van der Waals surface area contributed by atoms with Crippen molar-refractivity contribution < 1.29 is 4.11 Å². The second-order valence-corrected chi connectivity index (χ2v) is 2.92. The van der Waals surface area contributed by atoms with Crippen LogP contribution >= 0.6 is 15.9 Å². The number of imidazole rings is 1. The van der Waals surface area contributed by atoms with Crippen molar-refractivity contribution in [1.29, 1.82) is 0 Å². The molecular weight excluding hydrogens is 218 g/mol. The molecule has 0 unspecified atom stereocenters. The molecule has 2 rings (SSSR count). The minimum atomic E-state index is -0.201. The van der Waals surface area contributed by atoms with Crippen LogP contribution in [0.1, 0.15) is 4.11 Å². The van der Waals surface area contributed by atoms with Gasteiger partial charge in [0.25, 0.3) is 0 Å². The largest absolute Gasteiger partial charge is 0.306 e. The standard InChI is InChI=1S/C8H6BrN3/c9-8-5-7(1-2-11-8)12-4-3-10-6-12/h1-6H/i3D,4D,6D. The van der Waals surface area contributed by atoms with E-state index in [2.05, 4.69) is 25.9 Å². The first-order valence-corrected chi connectivity index (χ1v) is 4.03. The fourth-order valence-electron chi connectivity index (χ4n) is 0.829. The van der Waals surface area contributed by atoms with E-state index < -0.39 is 0 Å². The van der Waals surface area contributed by atoms with Crippen molar-refractivity contribution in [2.24, 2.45) is 0 Å². The summed E-state index contributed by atoms with van der Waals surface area (Å²) in [5, 5.41) is 0. The van der Waals surface area contributed by atoms with Gasteiger partial charge in [0.1, 0.15) is 5.97 Å². The lowest BCUT2D eigenvalue weighted by atomic mass is 10.4. The van der Waals surface area contributed by atoms with Crippen molar-refractivity contribution in [3.63, 3.8) is 0 Å². The lowest BCUT2D eigenvalue weighted by Crippen LogP contribution is -1.89. The molecule has 3 nitrogen and oxygen atoms in total. The number of halogens is 1. The van der Waals surface area contributed by atoms with Crippen LogP contribution in [0.4, 0.5) is 0 Å². The lowest BCUT2D eigenvalue weighted by Gasteiger charge is -2.00. The second-order valence-electron chi connectivity index (χ2n) is 2.11. The van der Waals surface area contributed by atoms with Gasteiger partial charge in [-0.15, -0.1) is 0 Å². The van der Waals surface area contributed by atoms with Gasteiger partial charge in [-0.2, -0.15) is 0 Å². The molecule has 0 aromatic carbocycles. The Hall–Kier alpha value is -1.16. The molecule has 0 N–H and O–H groups in total. The van der Waals surface area contributed by atoms with Gasteiger partial charge in [-0.05, 0) is 28.1 Å². The van der Waals surface area contributed by atoms with Gasteiger partial charge in [0.2, 0.25) is 0 Å². The highest BCUT2D eigenvalue weighted by atomic mass is 79.9. The Balaban J connectivity index is 2.63. The zero-order valence-electron chi connectivity index (χ0n) is 8.95. The van der Waals surface area contributed by atoms with E-state index in [4.69, 9.17) is 4.11 Å². The molecule has 2 aromatic heterocycles. The predicted molar refractivity (Wildman–Crippen MR) is 49.1 cm³/mol. The number of hydrogen-bond donors (Lipinski definition) is 0. The van der Waals surface area contributed by atoms with Gasteiger partial charge >= 0.3 is 0 Å². The van der Waals surface area contributed by atoms with E-state index in [9.17, 15) is 0 Å². The molecule has 0 amide bonds. The normalized spacial score (nSPS) is 13.6. The monoisotopic (exact) mass is 226 g/mol. The van der Waals surface area contributed by atoms with Gasteiger partial charge < -0.3 is 4.57 Å². The Kier molecular flexibility index (Phi) is 1.22. The van der Waals surface area contributed by atoms with Crippen molar-refractivity contribution >= 4 is 15.9 Å². The molecule has 60 valence electrons. The number of aromatic nitrogens is 3. The van der Waals surface area contributed by atoms with Gasteiger partial charge in [0.15, 0.2) is 0 Å². The van der Waals surface area contributed by atoms with Crippen LogP contribution < -0.4 is 0 Å². The molecule has 0 radical (unpaired) electrons. The maximum absolute atomic E-state index is 7.58. The number of pyridine rings is 1. The van der Waals surface area contributed by atoms with Gasteiger partial charge in [-0.25, -0.2) is 9.97 Å². The van der Waals surface area contributed by atoms with Crippen LogP contribution in [0.15, 0.2) is 41.6 Å². The molecule has 0 bridgehead atoms. The molecule has 2 aromatic rings. The van der Waals surface area contributed by atoms with Crippen LogP contribution in [0.3, 0.4) is 0 Å². The molecule has 0 aliphatic heterocycles. The average Bonchev–Trinajstić information content (AvgIpc) is 2.41. The smallest absolute Gasteiger partial charge is 0.108 e. The molecule has 4 heteroatoms. The summed E-state index contributed by atoms with van der Waals surface area (Å²) in [7, 11) is 0. The van der Waals surface area contributed by atoms with E-state index in [-0.39, 0.29) is 18.6 Å². The summed E-state index contributed by atoms with van der Waals surface area (Å²) in [5.41, 5.74) is 0.595. The third kappa shape index (κ3) is 1.38. The highest BCUT2D eigenvalue weighted by molar-refractivity contribution is 9.10. The van der Waals surface area contributed by atoms with Crippen LogP contribution in [0.25, 0.3) is 5.69 Å². The van der Waals surface area contributed by atoms with E-state index in [0.29, 0.717) is 10.3 Å². The third-order valence-corrected chi connectivity index (χ3v) is 1.77. The second kappa shape index (κ2) is 3.06. The Morgan fingerprint density at radius 1 is 1.58 bits per heavy atom. The summed E-state index contributed by atoms with van der Waals surface area (Å²) >= 11 is 3.20. The number of rotatable bonds is 1. The summed E-state index contributed by atoms with van der Waals surface area (Å²) in [6, 6.07) is 3.32. The summed E-state index contributed by atoms with van der Waals surface area (Å²) in [6.45, 7) is 0. The van der Waals surface area contributed by atoms with Crippen molar-refractivity contribution in [3.8, 4) is 5.69 Å². The van der Waals surface area contributed by atoms with E-state index in [1.54, 1.807) is 18.3 Å². The van der Waals surface area contributed by atoms with E-state index in [1.807, 2.05) is 0 Å². The molecule has 0 saturated heterocycles. The van der Waals surface area contributed by atoms with Crippen LogP contribution in [0.2, 0.25) is 0 Å². The first kappa shape index (κ1) is 4.77. The maximum Gasteiger partial charge on any atom is 0.108 e. The average molecular weight is 227 g/mol. The minimum absolute atomic E-state index is 0.0990. The van der Waals surface area contributed by atoms with Crippen LogP contribution in [-0.2, 0) is 0 Å². The summed E-state index contributed by atoms with van der Waals surface area (Å²) in [6.07, 6.45) is 1.14. The fraction of sp³-hybridized carbons (Fsp3) is 0. The van der Waals surface area contributed by atoms with Gasteiger partial charge in [-0.1, -0.05) is 0 Å². The first-order chi connectivity index (χ1) is 7.09. The Bertz CT molecular complexity index is 512. The fourth-order valence-corrected chi connectivity index (χ4v) is 1.18. The Morgan fingerprint density at radius 3 is 3.17 bits per heavy atom.